The minimum absolute atomic E-state index is 0.430. The van der Waals surface area contributed by atoms with Gasteiger partial charge in [-0.3, -0.25) is 0 Å². The highest BCUT2D eigenvalue weighted by atomic mass is 79.9. The van der Waals surface area contributed by atoms with E-state index in [1.54, 1.807) is 0 Å². The largest absolute Gasteiger partial charge is 0.0622 e. The maximum absolute atomic E-state index is 3.53. The number of fused-ring (bicyclic) bond motifs is 1. The molecule has 84 valence electrons. The third-order valence-electron chi connectivity index (χ3n) is 3.33. The van der Waals surface area contributed by atoms with Gasteiger partial charge in [-0.25, -0.2) is 0 Å². The summed E-state index contributed by atoms with van der Waals surface area (Å²) in [5.41, 5.74) is 5.55. The molecule has 0 spiro atoms. The van der Waals surface area contributed by atoms with Crippen LogP contribution in [0.3, 0.4) is 0 Å². The van der Waals surface area contributed by atoms with Gasteiger partial charge >= 0.3 is 0 Å². The summed E-state index contributed by atoms with van der Waals surface area (Å²) in [6.07, 6.45) is 2.29. The van der Waals surface area contributed by atoms with Crippen LogP contribution in [-0.2, 0) is 0 Å². The standard InChI is InChI=1S/C16H13Br/c1-11-9-13-10-14(17)7-8-15(13)16(11)12-5-3-2-4-6-12/h2-10,16H,1H3. The van der Waals surface area contributed by atoms with Crippen molar-refractivity contribution >= 4 is 22.0 Å². The zero-order chi connectivity index (χ0) is 11.8. The first kappa shape index (κ1) is 10.8. The van der Waals surface area contributed by atoms with Gasteiger partial charge in [-0.15, -0.1) is 0 Å². The van der Waals surface area contributed by atoms with E-state index in [1.165, 1.54) is 22.3 Å². The van der Waals surface area contributed by atoms with Gasteiger partial charge in [-0.2, -0.15) is 0 Å². The molecule has 1 heteroatoms. The van der Waals surface area contributed by atoms with Gasteiger partial charge in [-0.1, -0.05) is 64.0 Å². The summed E-state index contributed by atoms with van der Waals surface area (Å²) in [6.45, 7) is 2.21. The van der Waals surface area contributed by atoms with Crippen molar-refractivity contribution in [3.63, 3.8) is 0 Å². The number of hydrogen-bond acceptors (Lipinski definition) is 0. The Balaban J connectivity index is 2.13. The van der Waals surface area contributed by atoms with Crippen LogP contribution in [0.1, 0.15) is 29.5 Å². The van der Waals surface area contributed by atoms with Crippen molar-refractivity contribution in [3.8, 4) is 0 Å². The maximum atomic E-state index is 3.53. The molecule has 1 aliphatic carbocycles. The van der Waals surface area contributed by atoms with Crippen molar-refractivity contribution in [1.82, 2.24) is 0 Å². The quantitative estimate of drug-likeness (QED) is 0.691. The maximum Gasteiger partial charge on any atom is 0.0305 e. The predicted octanol–water partition coefficient (Wildman–Crippen LogP) is 5.00. The fourth-order valence-electron chi connectivity index (χ4n) is 2.60. The van der Waals surface area contributed by atoms with E-state index >= 15 is 0 Å². The molecule has 0 radical (unpaired) electrons. The molecule has 1 unspecified atom stereocenters. The first-order chi connectivity index (χ1) is 8.25. The molecule has 0 saturated carbocycles. The number of hydrogen-bond donors (Lipinski definition) is 0. The molecule has 2 aromatic rings. The Hall–Kier alpha value is -1.34. The molecule has 1 aliphatic rings. The summed E-state index contributed by atoms with van der Waals surface area (Å²) in [7, 11) is 0. The van der Waals surface area contributed by atoms with Gasteiger partial charge in [0.05, 0.1) is 0 Å². The summed E-state index contributed by atoms with van der Waals surface area (Å²) >= 11 is 3.53. The molecule has 17 heavy (non-hydrogen) atoms. The number of rotatable bonds is 1. The van der Waals surface area contributed by atoms with Crippen LogP contribution < -0.4 is 0 Å². The van der Waals surface area contributed by atoms with Crippen LogP contribution in [0.25, 0.3) is 6.08 Å². The van der Waals surface area contributed by atoms with E-state index in [0.717, 1.165) is 4.47 Å². The Kier molecular flexibility index (Phi) is 2.64. The minimum atomic E-state index is 0.430. The Morgan fingerprint density at radius 1 is 1.00 bits per heavy atom. The highest BCUT2D eigenvalue weighted by molar-refractivity contribution is 9.10. The molecule has 2 aromatic carbocycles. The van der Waals surface area contributed by atoms with Gasteiger partial charge in [0.25, 0.3) is 0 Å². The molecule has 0 aromatic heterocycles. The summed E-state index contributed by atoms with van der Waals surface area (Å²) in [6, 6.07) is 17.3. The molecule has 3 rings (SSSR count). The second kappa shape index (κ2) is 4.15. The normalized spacial score (nSPS) is 17.8. The van der Waals surface area contributed by atoms with Crippen molar-refractivity contribution in [2.24, 2.45) is 0 Å². The van der Waals surface area contributed by atoms with Gasteiger partial charge in [0.2, 0.25) is 0 Å². The van der Waals surface area contributed by atoms with E-state index in [-0.39, 0.29) is 0 Å². The molecule has 0 nitrogen and oxygen atoms in total. The summed E-state index contributed by atoms with van der Waals surface area (Å²) in [4.78, 5) is 0. The lowest BCUT2D eigenvalue weighted by Crippen LogP contribution is -1.98. The van der Waals surface area contributed by atoms with Gasteiger partial charge in [0.1, 0.15) is 0 Å². The van der Waals surface area contributed by atoms with Crippen LogP contribution in [-0.4, -0.2) is 0 Å². The molecule has 0 fully saturated rings. The number of allylic oxidation sites excluding steroid dienone is 1. The molecule has 0 heterocycles. The second-order valence-corrected chi connectivity index (χ2v) is 5.42. The first-order valence-electron chi connectivity index (χ1n) is 5.78. The molecular formula is C16H13Br. The van der Waals surface area contributed by atoms with Crippen LogP contribution in [0.15, 0.2) is 58.6 Å². The topological polar surface area (TPSA) is 0 Å². The first-order valence-corrected chi connectivity index (χ1v) is 6.57. The van der Waals surface area contributed by atoms with Crippen molar-refractivity contribution < 1.29 is 0 Å². The monoisotopic (exact) mass is 284 g/mol. The average Bonchev–Trinajstić information content (AvgIpc) is 2.65. The average molecular weight is 285 g/mol. The predicted molar refractivity (Wildman–Crippen MR) is 76.1 cm³/mol. The van der Waals surface area contributed by atoms with Crippen LogP contribution in [0.5, 0.6) is 0 Å². The zero-order valence-corrected chi connectivity index (χ0v) is 11.2. The van der Waals surface area contributed by atoms with Crippen LogP contribution in [0, 0.1) is 0 Å². The lowest BCUT2D eigenvalue weighted by Gasteiger charge is -2.15. The van der Waals surface area contributed by atoms with Crippen molar-refractivity contribution in [2.45, 2.75) is 12.8 Å². The van der Waals surface area contributed by atoms with Gasteiger partial charge < -0.3 is 0 Å². The number of benzene rings is 2. The van der Waals surface area contributed by atoms with Crippen molar-refractivity contribution in [1.29, 1.82) is 0 Å². The third kappa shape index (κ3) is 1.85. The van der Waals surface area contributed by atoms with Crippen molar-refractivity contribution in [2.75, 3.05) is 0 Å². The van der Waals surface area contributed by atoms with E-state index in [9.17, 15) is 0 Å². The number of halogens is 1. The Bertz CT molecular complexity index is 582. The molecule has 0 saturated heterocycles. The Morgan fingerprint density at radius 3 is 2.53 bits per heavy atom. The lowest BCUT2D eigenvalue weighted by molar-refractivity contribution is 0.976. The van der Waals surface area contributed by atoms with Crippen LogP contribution in [0.4, 0.5) is 0 Å². The molecule has 0 bridgehead atoms. The molecule has 1 atom stereocenters. The van der Waals surface area contributed by atoms with Gasteiger partial charge in [0, 0.05) is 10.4 Å². The Labute approximate surface area is 110 Å². The SMILES string of the molecule is CC1=Cc2cc(Br)ccc2C1c1ccccc1. The smallest absolute Gasteiger partial charge is 0.0305 e. The van der Waals surface area contributed by atoms with E-state index in [2.05, 4.69) is 77.5 Å². The van der Waals surface area contributed by atoms with Crippen molar-refractivity contribution in [3.05, 3.63) is 75.3 Å². The van der Waals surface area contributed by atoms with E-state index in [0.29, 0.717) is 5.92 Å². The third-order valence-corrected chi connectivity index (χ3v) is 3.82. The zero-order valence-electron chi connectivity index (χ0n) is 9.65. The Morgan fingerprint density at radius 2 is 1.76 bits per heavy atom. The molecule has 0 amide bonds. The van der Waals surface area contributed by atoms with E-state index < -0.39 is 0 Å². The molecule has 0 N–H and O–H groups in total. The van der Waals surface area contributed by atoms with E-state index in [4.69, 9.17) is 0 Å². The van der Waals surface area contributed by atoms with Gasteiger partial charge in [0.15, 0.2) is 0 Å². The van der Waals surface area contributed by atoms with Gasteiger partial charge in [-0.05, 0) is 35.7 Å². The molecular weight excluding hydrogens is 272 g/mol. The summed E-state index contributed by atoms with van der Waals surface area (Å²) in [5, 5.41) is 0. The molecule has 0 aliphatic heterocycles. The highest BCUT2D eigenvalue weighted by Gasteiger charge is 2.23. The highest BCUT2D eigenvalue weighted by Crippen LogP contribution is 2.41. The fraction of sp³-hybridized carbons (Fsp3) is 0.125. The van der Waals surface area contributed by atoms with Crippen LogP contribution in [0.2, 0.25) is 0 Å². The van der Waals surface area contributed by atoms with E-state index in [1.807, 2.05) is 0 Å². The fourth-order valence-corrected chi connectivity index (χ4v) is 2.97. The lowest BCUT2D eigenvalue weighted by atomic mass is 9.89. The van der Waals surface area contributed by atoms with Crippen LogP contribution >= 0.6 is 15.9 Å². The minimum Gasteiger partial charge on any atom is -0.0622 e. The second-order valence-electron chi connectivity index (χ2n) is 4.51. The summed E-state index contributed by atoms with van der Waals surface area (Å²) in [5.74, 6) is 0.430. The summed E-state index contributed by atoms with van der Waals surface area (Å²) < 4.78 is 1.15.